The van der Waals surface area contributed by atoms with Crippen LogP contribution in [0.1, 0.15) is 40.7 Å². The number of carbonyl (C=O) groups is 1. The van der Waals surface area contributed by atoms with Crippen molar-refractivity contribution in [2.75, 3.05) is 6.61 Å². The van der Waals surface area contributed by atoms with Gasteiger partial charge in [0.2, 0.25) is 0 Å². The van der Waals surface area contributed by atoms with Gasteiger partial charge in [-0.3, -0.25) is 0 Å². The lowest BCUT2D eigenvalue weighted by molar-refractivity contribution is -0.139. The van der Waals surface area contributed by atoms with Crippen LogP contribution >= 0.6 is 0 Å². The average molecular weight is 298 g/mol. The molecular weight excluding hydrogens is 287 g/mol. The van der Waals surface area contributed by atoms with Crippen LogP contribution in [-0.2, 0) is 17.5 Å². The third-order valence-corrected chi connectivity index (χ3v) is 2.32. The summed E-state index contributed by atoms with van der Waals surface area (Å²) >= 11 is 0. The van der Waals surface area contributed by atoms with Gasteiger partial charge in [-0.05, 0) is 18.6 Å². The van der Waals surface area contributed by atoms with Gasteiger partial charge in [0.1, 0.15) is 5.69 Å². The quantitative estimate of drug-likeness (QED) is 0.685. The van der Waals surface area contributed by atoms with Crippen molar-refractivity contribution in [2.45, 2.75) is 26.1 Å². The molecule has 0 aliphatic heterocycles. The molecular formula is C11H11F5N2O2. The molecule has 0 radical (unpaired) electrons. The molecule has 0 amide bonds. The summed E-state index contributed by atoms with van der Waals surface area (Å²) in [5.41, 5.74) is 0.906. The van der Waals surface area contributed by atoms with E-state index in [1.165, 1.54) is 6.92 Å². The second-order valence-electron chi connectivity index (χ2n) is 3.65. The smallest absolute Gasteiger partial charge is 0.419 e. The zero-order chi connectivity index (χ0) is 15.5. The van der Waals surface area contributed by atoms with Crippen LogP contribution in [0.5, 0.6) is 0 Å². The predicted octanol–water partition coefficient (Wildman–Crippen LogP) is 2.67. The number of esters is 1. The number of rotatable bonds is 4. The molecule has 0 atom stereocenters. The molecule has 1 aromatic rings. The third kappa shape index (κ3) is 3.41. The van der Waals surface area contributed by atoms with Gasteiger partial charge in [-0.25, -0.2) is 18.6 Å². The minimum Gasteiger partial charge on any atom is -0.461 e. The van der Waals surface area contributed by atoms with Crippen LogP contribution in [0, 0.1) is 0 Å². The SMILES string of the molecule is CCOC(=O)c1nc(C(F)F)cc(CN)c1C(F)(F)F. The lowest BCUT2D eigenvalue weighted by atomic mass is 10.0. The minimum absolute atomic E-state index is 0.214. The molecule has 1 heterocycles. The van der Waals surface area contributed by atoms with E-state index in [0.717, 1.165) is 0 Å². The highest BCUT2D eigenvalue weighted by Crippen LogP contribution is 2.36. The molecule has 1 rings (SSSR count). The Kier molecular flexibility index (Phi) is 4.98. The van der Waals surface area contributed by atoms with Gasteiger partial charge in [-0.2, -0.15) is 13.2 Å². The van der Waals surface area contributed by atoms with E-state index >= 15 is 0 Å². The number of alkyl halides is 5. The van der Waals surface area contributed by atoms with Crippen molar-refractivity contribution in [1.29, 1.82) is 0 Å². The van der Waals surface area contributed by atoms with Gasteiger partial charge in [0.25, 0.3) is 6.43 Å². The van der Waals surface area contributed by atoms with Crippen molar-refractivity contribution in [3.8, 4) is 0 Å². The van der Waals surface area contributed by atoms with E-state index < -0.39 is 47.6 Å². The van der Waals surface area contributed by atoms with Gasteiger partial charge in [-0.15, -0.1) is 0 Å². The zero-order valence-corrected chi connectivity index (χ0v) is 10.3. The second kappa shape index (κ2) is 6.12. The van der Waals surface area contributed by atoms with Crippen molar-refractivity contribution in [3.63, 3.8) is 0 Å². The maximum atomic E-state index is 12.9. The number of hydrogen-bond acceptors (Lipinski definition) is 4. The summed E-state index contributed by atoms with van der Waals surface area (Å²) in [6.07, 6.45) is -8.08. The van der Waals surface area contributed by atoms with Crippen LogP contribution in [0.15, 0.2) is 6.07 Å². The lowest BCUT2D eigenvalue weighted by Gasteiger charge is -2.16. The van der Waals surface area contributed by atoms with E-state index in [9.17, 15) is 26.7 Å². The first-order valence-corrected chi connectivity index (χ1v) is 5.48. The molecule has 2 N–H and O–H groups in total. The number of aromatic nitrogens is 1. The first-order valence-electron chi connectivity index (χ1n) is 5.48. The zero-order valence-electron chi connectivity index (χ0n) is 10.3. The fourth-order valence-corrected chi connectivity index (χ4v) is 1.56. The molecule has 0 spiro atoms. The van der Waals surface area contributed by atoms with Crippen molar-refractivity contribution < 1.29 is 31.5 Å². The summed E-state index contributed by atoms with van der Waals surface area (Å²) in [7, 11) is 0. The Hall–Kier alpha value is -1.77. The number of halogens is 5. The molecule has 112 valence electrons. The van der Waals surface area contributed by atoms with Crippen LogP contribution < -0.4 is 5.73 Å². The number of nitrogens with zero attached hydrogens (tertiary/aromatic N) is 1. The predicted molar refractivity (Wildman–Crippen MR) is 58.0 cm³/mol. The molecule has 20 heavy (non-hydrogen) atoms. The van der Waals surface area contributed by atoms with Gasteiger partial charge in [0.05, 0.1) is 12.2 Å². The Morgan fingerprint density at radius 3 is 2.45 bits per heavy atom. The van der Waals surface area contributed by atoms with Gasteiger partial charge in [-0.1, -0.05) is 0 Å². The molecule has 0 bridgehead atoms. The standard InChI is InChI=1S/C11H11F5N2O2/c1-2-20-10(19)8-7(11(14,15)16)5(4-17)3-6(18-8)9(12)13/h3,9H,2,4,17H2,1H3. The monoisotopic (exact) mass is 298 g/mol. The maximum Gasteiger partial charge on any atom is 0.419 e. The van der Waals surface area contributed by atoms with Gasteiger partial charge in [0.15, 0.2) is 5.69 Å². The average Bonchev–Trinajstić information content (AvgIpc) is 2.36. The summed E-state index contributed by atoms with van der Waals surface area (Å²) < 4.78 is 68.4. The summed E-state index contributed by atoms with van der Waals surface area (Å²) in [6.45, 7) is 0.490. The molecule has 0 unspecified atom stereocenters. The first kappa shape index (κ1) is 16.3. The topological polar surface area (TPSA) is 65.2 Å². The van der Waals surface area contributed by atoms with Crippen molar-refractivity contribution in [1.82, 2.24) is 4.98 Å². The Morgan fingerprint density at radius 1 is 1.45 bits per heavy atom. The molecule has 0 aliphatic carbocycles. The number of carbonyl (C=O) groups excluding carboxylic acids is 1. The van der Waals surface area contributed by atoms with E-state index in [1.807, 2.05) is 0 Å². The molecule has 0 saturated heterocycles. The maximum absolute atomic E-state index is 12.9. The van der Waals surface area contributed by atoms with Crippen LogP contribution in [0.25, 0.3) is 0 Å². The van der Waals surface area contributed by atoms with Gasteiger partial charge >= 0.3 is 12.1 Å². The summed E-state index contributed by atoms with van der Waals surface area (Å²) in [6, 6.07) is 0.538. The fraction of sp³-hybridized carbons (Fsp3) is 0.455. The van der Waals surface area contributed by atoms with E-state index in [4.69, 9.17) is 5.73 Å². The highest BCUT2D eigenvalue weighted by Gasteiger charge is 2.40. The van der Waals surface area contributed by atoms with Crippen LogP contribution in [0.2, 0.25) is 0 Å². The van der Waals surface area contributed by atoms with Gasteiger partial charge < -0.3 is 10.5 Å². The Bertz CT molecular complexity index is 502. The summed E-state index contributed by atoms with van der Waals surface area (Å²) in [4.78, 5) is 14.6. The van der Waals surface area contributed by atoms with Crippen molar-refractivity contribution in [2.24, 2.45) is 5.73 Å². The van der Waals surface area contributed by atoms with E-state index in [2.05, 4.69) is 9.72 Å². The molecule has 4 nitrogen and oxygen atoms in total. The minimum atomic E-state index is -4.95. The number of pyridine rings is 1. The molecule has 1 aromatic heterocycles. The largest absolute Gasteiger partial charge is 0.461 e. The van der Waals surface area contributed by atoms with E-state index in [1.54, 1.807) is 0 Å². The highest BCUT2D eigenvalue weighted by atomic mass is 19.4. The van der Waals surface area contributed by atoms with Gasteiger partial charge in [0, 0.05) is 6.54 Å². The van der Waals surface area contributed by atoms with Crippen LogP contribution in [0.4, 0.5) is 22.0 Å². The van der Waals surface area contributed by atoms with E-state index in [0.29, 0.717) is 6.07 Å². The molecule has 0 fully saturated rings. The highest BCUT2D eigenvalue weighted by molar-refractivity contribution is 5.89. The second-order valence-corrected chi connectivity index (χ2v) is 3.65. The van der Waals surface area contributed by atoms with E-state index in [-0.39, 0.29) is 6.61 Å². The molecule has 9 heteroatoms. The van der Waals surface area contributed by atoms with Crippen LogP contribution in [-0.4, -0.2) is 17.6 Å². The van der Waals surface area contributed by atoms with Crippen molar-refractivity contribution >= 4 is 5.97 Å². The molecule has 0 aromatic carbocycles. The Labute approximate surface area is 110 Å². The van der Waals surface area contributed by atoms with Crippen molar-refractivity contribution in [3.05, 3.63) is 28.6 Å². The summed E-state index contributed by atoms with van der Waals surface area (Å²) in [5, 5.41) is 0. The summed E-state index contributed by atoms with van der Waals surface area (Å²) in [5.74, 6) is -1.42. The number of ether oxygens (including phenoxy) is 1. The Balaban J connectivity index is 3.57. The van der Waals surface area contributed by atoms with Crippen LogP contribution in [0.3, 0.4) is 0 Å². The molecule has 0 saturated carbocycles. The first-order chi connectivity index (χ1) is 9.22. The normalized spacial score (nSPS) is 11.8. The molecule has 0 aliphatic rings. The Morgan fingerprint density at radius 2 is 2.05 bits per heavy atom. The number of hydrogen-bond donors (Lipinski definition) is 1. The third-order valence-electron chi connectivity index (χ3n) is 2.32. The number of nitrogens with two attached hydrogens (primary N) is 1. The fourth-order valence-electron chi connectivity index (χ4n) is 1.56. The lowest BCUT2D eigenvalue weighted by Crippen LogP contribution is -2.22.